The van der Waals surface area contributed by atoms with Crippen LogP contribution in [0.5, 0.6) is 0 Å². The zero-order valence-corrected chi connectivity index (χ0v) is 17.3. The molecule has 1 unspecified atom stereocenters. The lowest BCUT2D eigenvalue weighted by atomic mass is 9.88. The van der Waals surface area contributed by atoms with Crippen LogP contribution in [0.3, 0.4) is 0 Å². The van der Waals surface area contributed by atoms with Gasteiger partial charge < -0.3 is 9.80 Å². The molecule has 1 aromatic rings. The number of fused-ring (bicyclic) bond motifs is 1. The van der Waals surface area contributed by atoms with Gasteiger partial charge in [0, 0.05) is 25.2 Å². The van der Waals surface area contributed by atoms with Crippen molar-refractivity contribution in [3.05, 3.63) is 46.8 Å². The van der Waals surface area contributed by atoms with Crippen molar-refractivity contribution in [2.45, 2.75) is 70.9 Å². The number of nitrogens with zero attached hydrogens (tertiary/aromatic N) is 2. The third-order valence-electron chi connectivity index (χ3n) is 6.47. The maximum Gasteiger partial charge on any atom is 0.251 e. The summed E-state index contributed by atoms with van der Waals surface area (Å²) in [7, 11) is 0. The predicted octanol–water partition coefficient (Wildman–Crippen LogP) is 4.45. The number of carbonyl (C=O) groups excluding carboxylic acids is 2. The fourth-order valence-corrected chi connectivity index (χ4v) is 4.76. The lowest BCUT2D eigenvalue weighted by Crippen LogP contribution is -2.37. The molecular weight excluding hydrogens is 367 g/mol. The Morgan fingerprint density at radius 1 is 1.17 bits per heavy atom. The first-order valence-corrected chi connectivity index (χ1v) is 11.1. The molecule has 2 fully saturated rings. The van der Waals surface area contributed by atoms with Crippen LogP contribution in [0.15, 0.2) is 35.4 Å². The van der Waals surface area contributed by atoms with Crippen molar-refractivity contribution in [2.24, 2.45) is 5.92 Å². The van der Waals surface area contributed by atoms with Crippen molar-refractivity contribution in [1.29, 1.82) is 0 Å². The van der Waals surface area contributed by atoms with Gasteiger partial charge in [-0.3, -0.25) is 9.59 Å². The molecule has 2 aliphatic carbocycles. The standard InChI is InChI=1S/C24H31FN2O2/c1-2-13-26(15-17-7-8-17)23(28)14-21-20-5-3-4-6-22(20)27(24(21)29)16-18-9-11-19(25)12-10-18/h9-12,17,22H,2-8,13-16H2,1H3. The van der Waals surface area contributed by atoms with Crippen LogP contribution < -0.4 is 0 Å². The number of hydrogen-bond donors (Lipinski definition) is 0. The minimum absolute atomic E-state index is 0.00689. The van der Waals surface area contributed by atoms with Gasteiger partial charge in [0.15, 0.2) is 0 Å². The van der Waals surface area contributed by atoms with Crippen LogP contribution in [-0.4, -0.2) is 40.7 Å². The molecule has 1 heterocycles. The second kappa shape index (κ2) is 8.68. The molecule has 0 spiro atoms. The van der Waals surface area contributed by atoms with E-state index in [2.05, 4.69) is 6.92 Å². The lowest BCUT2D eigenvalue weighted by molar-refractivity contribution is -0.133. The molecule has 2 amide bonds. The van der Waals surface area contributed by atoms with Gasteiger partial charge >= 0.3 is 0 Å². The van der Waals surface area contributed by atoms with Gasteiger partial charge in [-0.05, 0) is 67.7 Å². The normalized spacial score (nSPS) is 21.5. The fraction of sp³-hybridized carbons (Fsp3) is 0.583. The number of rotatable bonds is 8. The van der Waals surface area contributed by atoms with E-state index in [1.807, 2.05) is 9.80 Å². The topological polar surface area (TPSA) is 40.6 Å². The Labute approximate surface area is 172 Å². The van der Waals surface area contributed by atoms with Gasteiger partial charge in [-0.15, -0.1) is 0 Å². The molecule has 4 rings (SSSR count). The Balaban J connectivity index is 1.50. The highest BCUT2D eigenvalue weighted by molar-refractivity contribution is 6.02. The Hall–Kier alpha value is -2.17. The van der Waals surface area contributed by atoms with Crippen LogP contribution in [-0.2, 0) is 16.1 Å². The Morgan fingerprint density at radius 2 is 1.93 bits per heavy atom. The highest BCUT2D eigenvalue weighted by Crippen LogP contribution is 2.39. The van der Waals surface area contributed by atoms with E-state index < -0.39 is 0 Å². The molecule has 4 nitrogen and oxygen atoms in total. The monoisotopic (exact) mass is 398 g/mol. The Kier molecular flexibility index (Phi) is 6.02. The number of halogens is 1. The second-order valence-electron chi connectivity index (χ2n) is 8.78. The van der Waals surface area contributed by atoms with E-state index in [1.54, 1.807) is 12.1 Å². The molecule has 0 saturated heterocycles. The summed E-state index contributed by atoms with van der Waals surface area (Å²) in [4.78, 5) is 30.3. The third-order valence-corrected chi connectivity index (χ3v) is 6.47. The summed E-state index contributed by atoms with van der Waals surface area (Å²) in [6.07, 6.45) is 7.67. The zero-order chi connectivity index (χ0) is 20.4. The quantitative estimate of drug-likeness (QED) is 0.649. The maximum atomic E-state index is 13.3. The van der Waals surface area contributed by atoms with Gasteiger partial charge in [0.1, 0.15) is 5.82 Å². The van der Waals surface area contributed by atoms with E-state index >= 15 is 0 Å². The van der Waals surface area contributed by atoms with Crippen LogP contribution in [0.1, 0.15) is 63.9 Å². The number of benzene rings is 1. The first kappa shape index (κ1) is 20.1. The molecule has 29 heavy (non-hydrogen) atoms. The van der Waals surface area contributed by atoms with Crippen molar-refractivity contribution < 1.29 is 14.0 Å². The average molecular weight is 399 g/mol. The molecule has 0 radical (unpaired) electrons. The van der Waals surface area contributed by atoms with Crippen molar-refractivity contribution in [3.8, 4) is 0 Å². The number of carbonyl (C=O) groups is 2. The number of amides is 2. The van der Waals surface area contributed by atoms with E-state index in [0.29, 0.717) is 12.5 Å². The highest BCUT2D eigenvalue weighted by Gasteiger charge is 2.41. The smallest absolute Gasteiger partial charge is 0.251 e. The van der Waals surface area contributed by atoms with Gasteiger partial charge in [0.05, 0.1) is 12.5 Å². The molecule has 2 saturated carbocycles. The first-order valence-electron chi connectivity index (χ1n) is 11.1. The maximum absolute atomic E-state index is 13.3. The van der Waals surface area contributed by atoms with Crippen molar-refractivity contribution in [1.82, 2.24) is 9.80 Å². The Bertz CT molecular complexity index is 798. The molecule has 1 atom stereocenters. The summed E-state index contributed by atoms with van der Waals surface area (Å²) >= 11 is 0. The molecule has 1 aromatic carbocycles. The van der Waals surface area contributed by atoms with Crippen LogP contribution in [0.25, 0.3) is 0 Å². The summed E-state index contributed by atoms with van der Waals surface area (Å²) in [5, 5.41) is 0. The second-order valence-corrected chi connectivity index (χ2v) is 8.78. The van der Waals surface area contributed by atoms with Gasteiger partial charge in [0.25, 0.3) is 5.91 Å². The predicted molar refractivity (Wildman–Crippen MR) is 110 cm³/mol. The molecular formula is C24H31FN2O2. The van der Waals surface area contributed by atoms with Crippen LogP contribution >= 0.6 is 0 Å². The van der Waals surface area contributed by atoms with Crippen LogP contribution in [0, 0.1) is 11.7 Å². The zero-order valence-electron chi connectivity index (χ0n) is 17.3. The minimum Gasteiger partial charge on any atom is -0.342 e. The molecule has 0 N–H and O–H groups in total. The van der Waals surface area contributed by atoms with E-state index in [1.165, 1.54) is 30.5 Å². The highest BCUT2D eigenvalue weighted by atomic mass is 19.1. The molecule has 0 bridgehead atoms. The van der Waals surface area contributed by atoms with Crippen molar-refractivity contribution in [2.75, 3.05) is 13.1 Å². The SMILES string of the molecule is CCCN(CC1CC1)C(=O)CC1=C2CCCCC2N(Cc2ccc(F)cc2)C1=O. The first-order chi connectivity index (χ1) is 14.1. The van der Waals surface area contributed by atoms with Gasteiger partial charge in [-0.2, -0.15) is 0 Å². The molecule has 1 aliphatic heterocycles. The van der Waals surface area contributed by atoms with Gasteiger partial charge in [-0.1, -0.05) is 25.5 Å². The van der Waals surface area contributed by atoms with E-state index in [0.717, 1.165) is 56.3 Å². The average Bonchev–Trinajstić information content (AvgIpc) is 3.51. The minimum atomic E-state index is -0.268. The van der Waals surface area contributed by atoms with Crippen molar-refractivity contribution in [3.63, 3.8) is 0 Å². The fourth-order valence-electron chi connectivity index (χ4n) is 4.76. The summed E-state index contributed by atoms with van der Waals surface area (Å²) < 4.78 is 13.3. The van der Waals surface area contributed by atoms with E-state index in [-0.39, 0.29) is 30.1 Å². The molecule has 0 aromatic heterocycles. The summed E-state index contributed by atoms with van der Waals surface area (Å²) in [5.41, 5.74) is 2.84. The summed E-state index contributed by atoms with van der Waals surface area (Å²) in [6.45, 7) is 4.18. The molecule has 3 aliphatic rings. The van der Waals surface area contributed by atoms with Crippen LogP contribution in [0.2, 0.25) is 0 Å². The van der Waals surface area contributed by atoms with Gasteiger partial charge in [-0.25, -0.2) is 4.39 Å². The van der Waals surface area contributed by atoms with E-state index in [4.69, 9.17) is 0 Å². The number of hydrogen-bond acceptors (Lipinski definition) is 2. The lowest BCUT2D eigenvalue weighted by Gasteiger charge is -2.30. The van der Waals surface area contributed by atoms with Gasteiger partial charge in [0.2, 0.25) is 5.91 Å². The largest absolute Gasteiger partial charge is 0.342 e. The molecule has 156 valence electrons. The summed E-state index contributed by atoms with van der Waals surface area (Å²) in [5.74, 6) is 0.491. The van der Waals surface area contributed by atoms with Crippen molar-refractivity contribution >= 4 is 11.8 Å². The Morgan fingerprint density at radius 3 is 2.62 bits per heavy atom. The third kappa shape index (κ3) is 4.54. The summed E-state index contributed by atoms with van der Waals surface area (Å²) in [6, 6.07) is 6.47. The molecule has 5 heteroatoms. The van der Waals surface area contributed by atoms with E-state index in [9.17, 15) is 14.0 Å². The van der Waals surface area contributed by atoms with Crippen LogP contribution in [0.4, 0.5) is 4.39 Å².